The van der Waals surface area contributed by atoms with Crippen molar-refractivity contribution in [2.75, 3.05) is 0 Å². The quantitative estimate of drug-likeness (QED) is 0.664. The summed E-state index contributed by atoms with van der Waals surface area (Å²) in [6.45, 7) is 4.12. The molecular formula is C20H28N2O4. The van der Waals surface area contributed by atoms with E-state index in [9.17, 15) is 19.5 Å². The van der Waals surface area contributed by atoms with Crippen molar-refractivity contribution in [3.8, 4) is 0 Å². The van der Waals surface area contributed by atoms with Crippen molar-refractivity contribution in [2.24, 2.45) is 11.8 Å². The highest BCUT2D eigenvalue weighted by atomic mass is 16.4. The fourth-order valence-electron chi connectivity index (χ4n) is 3.20. The minimum atomic E-state index is -1.03. The molecule has 0 spiro atoms. The van der Waals surface area contributed by atoms with Gasteiger partial charge in [-0.15, -0.1) is 0 Å². The first kappa shape index (κ1) is 19.9. The van der Waals surface area contributed by atoms with Crippen molar-refractivity contribution in [1.82, 2.24) is 10.6 Å². The van der Waals surface area contributed by atoms with E-state index >= 15 is 0 Å². The maximum Gasteiger partial charge on any atom is 0.326 e. The lowest BCUT2D eigenvalue weighted by Gasteiger charge is -2.20. The predicted molar refractivity (Wildman–Crippen MR) is 98.6 cm³/mol. The molecule has 1 fully saturated rings. The van der Waals surface area contributed by atoms with Gasteiger partial charge in [-0.1, -0.05) is 45.2 Å². The van der Waals surface area contributed by atoms with Crippen LogP contribution in [-0.4, -0.2) is 28.9 Å². The molecule has 0 heterocycles. The van der Waals surface area contributed by atoms with E-state index < -0.39 is 17.9 Å². The number of amides is 2. The Morgan fingerprint density at radius 3 is 2.31 bits per heavy atom. The Hall–Kier alpha value is -2.37. The average molecular weight is 360 g/mol. The normalized spacial score (nSPS) is 16.7. The summed E-state index contributed by atoms with van der Waals surface area (Å²) in [4.78, 5) is 35.7. The van der Waals surface area contributed by atoms with Crippen LogP contribution in [0.15, 0.2) is 24.3 Å². The first-order valence-electron chi connectivity index (χ1n) is 9.32. The van der Waals surface area contributed by atoms with Crippen LogP contribution in [0.5, 0.6) is 0 Å². The molecule has 142 valence electrons. The number of hydrogen-bond acceptors (Lipinski definition) is 3. The molecule has 1 aliphatic rings. The van der Waals surface area contributed by atoms with Crippen LogP contribution >= 0.6 is 0 Å². The number of rotatable bonds is 8. The van der Waals surface area contributed by atoms with Gasteiger partial charge in [0.05, 0.1) is 0 Å². The molecule has 0 aromatic heterocycles. The number of carbonyl (C=O) groups is 3. The third-order valence-corrected chi connectivity index (χ3v) is 5.17. The van der Waals surface area contributed by atoms with Crippen LogP contribution in [0.2, 0.25) is 0 Å². The van der Waals surface area contributed by atoms with Crippen LogP contribution in [-0.2, 0) is 16.1 Å². The highest BCUT2D eigenvalue weighted by Crippen LogP contribution is 2.24. The molecule has 0 bridgehead atoms. The number of carboxylic acids is 1. The van der Waals surface area contributed by atoms with Crippen molar-refractivity contribution in [3.63, 3.8) is 0 Å². The molecule has 2 rings (SSSR count). The lowest BCUT2D eigenvalue weighted by atomic mass is 9.99. The van der Waals surface area contributed by atoms with E-state index in [0.717, 1.165) is 31.2 Å². The minimum Gasteiger partial charge on any atom is -0.480 e. The van der Waals surface area contributed by atoms with Crippen molar-refractivity contribution < 1.29 is 19.5 Å². The van der Waals surface area contributed by atoms with Crippen LogP contribution in [0.1, 0.15) is 61.9 Å². The third-order valence-electron chi connectivity index (χ3n) is 5.17. The molecule has 6 nitrogen and oxygen atoms in total. The first-order valence-corrected chi connectivity index (χ1v) is 9.32. The molecule has 0 radical (unpaired) electrons. The SMILES string of the molecule is CCC(C)C(NC(=O)c1ccc(CNC(=O)C2CCCC2)cc1)C(=O)O. The zero-order chi connectivity index (χ0) is 19.1. The molecule has 0 aliphatic heterocycles. The van der Waals surface area contributed by atoms with Gasteiger partial charge in [0.15, 0.2) is 0 Å². The van der Waals surface area contributed by atoms with Gasteiger partial charge in [0.2, 0.25) is 5.91 Å². The van der Waals surface area contributed by atoms with Crippen LogP contribution in [0, 0.1) is 11.8 Å². The Labute approximate surface area is 154 Å². The minimum absolute atomic E-state index is 0.0992. The molecule has 1 aromatic carbocycles. The first-order chi connectivity index (χ1) is 12.4. The van der Waals surface area contributed by atoms with Crippen molar-refractivity contribution in [1.29, 1.82) is 0 Å². The topological polar surface area (TPSA) is 95.5 Å². The van der Waals surface area contributed by atoms with Gasteiger partial charge in [-0.2, -0.15) is 0 Å². The second-order valence-electron chi connectivity index (χ2n) is 7.07. The predicted octanol–water partition coefficient (Wildman–Crippen LogP) is 2.72. The van der Waals surface area contributed by atoms with E-state index in [1.807, 2.05) is 6.92 Å². The number of benzene rings is 1. The maximum absolute atomic E-state index is 12.3. The van der Waals surface area contributed by atoms with Gasteiger partial charge in [-0.3, -0.25) is 9.59 Å². The van der Waals surface area contributed by atoms with Gasteiger partial charge >= 0.3 is 5.97 Å². The maximum atomic E-state index is 12.3. The standard InChI is InChI=1S/C20H28N2O4/c1-3-13(2)17(20(25)26)22-19(24)16-10-8-14(9-11-16)12-21-18(23)15-6-4-5-7-15/h8-11,13,15,17H,3-7,12H2,1-2H3,(H,21,23)(H,22,24)(H,25,26). The number of carboxylic acid groups (broad SMARTS) is 1. The smallest absolute Gasteiger partial charge is 0.326 e. The summed E-state index contributed by atoms with van der Waals surface area (Å²) in [7, 11) is 0. The molecule has 26 heavy (non-hydrogen) atoms. The second-order valence-corrected chi connectivity index (χ2v) is 7.07. The van der Waals surface area contributed by atoms with Crippen LogP contribution in [0.3, 0.4) is 0 Å². The summed E-state index contributed by atoms with van der Waals surface area (Å²) in [5, 5.41) is 14.8. The summed E-state index contributed by atoms with van der Waals surface area (Å²) in [6.07, 6.45) is 4.83. The number of hydrogen-bond donors (Lipinski definition) is 3. The summed E-state index contributed by atoms with van der Waals surface area (Å²) < 4.78 is 0. The van der Waals surface area contributed by atoms with Gasteiger partial charge in [0.1, 0.15) is 6.04 Å². The van der Waals surface area contributed by atoms with E-state index in [0.29, 0.717) is 18.5 Å². The largest absolute Gasteiger partial charge is 0.480 e. The van der Waals surface area contributed by atoms with Crippen LogP contribution in [0.4, 0.5) is 0 Å². The Morgan fingerprint density at radius 1 is 1.15 bits per heavy atom. The van der Waals surface area contributed by atoms with E-state index in [2.05, 4.69) is 10.6 Å². The lowest BCUT2D eigenvalue weighted by Crippen LogP contribution is -2.45. The summed E-state index contributed by atoms with van der Waals surface area (Å²) in [5.41, 5.74) is 1.31. The van der Waals surface area contributed by atoms with Gasteiger partial charge in [-0.05, 0) is 36.5 Å². The zero-order valence-electron chi connectivity index (χ0n) is 15.5. The molecule has 2 atom stereocenters. The van der Waals surface area contributed by atoms with Crippen molar-refractivity contribution in [2.45, 2.75) is 58.5 Å². The van der Waals surface area contributed by atoms with E-state index in [4.69, 9.17) is 0 Å². The molecule has 6 heteroatoms. The Morgan fingerprint density at radius 2 is 1.77 bits per heavy atom. The zero-order valence-corrected chi connectivity index (χ0v) is 15.5. The molecule has 1 aliphatic carbocycles. The summed E-state index contributed by atoms with van der Waals surface area (Å²) >= 11 is 0. The fraction of sp³-hybridized carbons (Fsp3) is 0.550. The molecule has 2 unspecified atom stereocenters. The Kier molecular flexibility index (Phi) is 7.18. The highest BCUT2D eigenvalue weighted by molar-refractivity contribution is 5.96. The number of aliphatic carboxylic acids is 1. The number of nitrogens with one attached hydrogen (secondary N) is 2. The molecule has 1 saturated carbocycles. The third kappa shape index (κ3) is 5.31. The van der Waals surface area contributed by atoms with Crippen LogP contribution in [0.25, 0.3) is 0 Å². The average Bonchev–Trinajstić information content (AvgIpc) is 3.18. The van der Waals surface area contributed by atoms with Crippen molar-refractivity contribution in [3.05, 3.63) is 35.4 Å². The van der Waals surface area contributed by atoms with E-state index in [-0.39, 0.29) is 17.7 Å². The Balaban J connectivity index is 1.90. The molecular weight excluding hydrogens is 332 g/mol. The second kappa shape index (κ2) is 9.36. The van der Waals surface area contributed by atoms with Gasteiger partial charge in [0.25, 0.3) is 5.91 Å². The summed E-state index contributed by atoms with van der Waals surface area (Å²) in [5.74, 6) is -1.35. The summed E-state index contributed by atoms with van der Waals surface area (Å²) in [6, 6.07) is 5.97. The van der Waals surface area contributed by atoms with Gasteiger partial charge in [-0.25, -0.2) is 4.79 Å². The lowest BCUT2D eigenvalue weighted by molar-refractivity contribution is -0.140. The number of carbonyl (C=O) groups excluding carboxylic acids is 2. The van der Waals surface area contributed by atoms with Gasteiger partial charge < -0.3 is 15.7 Å². The molecule has 3 N–H and O–H groups in total. The van der Waals surface area contributed by atoms with Crippen molar-refractivity contribution >= 4 is 17.8 Å². The fourth-order valence-corrected chi connectivity index (χ4v) is 3.20. The molecule has 0 saturated heterocycles. The van der Waals surface area contributed by atoms with Gasteiger partial charge in [0, 0.05) is 18.0 Å². The Bertz CT molecular complexity index is 636. The highest BCUT2D eigenvalue weighted by Gasteiger charge is 2.26. The molecule has 2 amide bonds. The van der Waals surface area contributed by atoms with E-state index in [1.165, 1.54) is 0 Å². The van der Waals surface area contributed by atoms with Crippen LogP contribution < -0.4 is 10.6 Å². The van der Waals surface area contributed by atoms with E-state index in [1.54, 1.807) is 31.2 Å². The monoisotopic (exact) mass is 360 g/mol. The molecule has 1 aromatic rings.